The van der Waals surface area contributed by atoms with Gasteiger partial charge in [-0.25, -0.2) is 4.79 Å². The summed E-state index contributed by atoms with van der Waals surface area (Å²) in [6.45, 7) is -0.370. The van der Waals surface area contributed by atoms with Gasteiger partial charge in [-0.3, -0.25) is 19.2 Å². The van der Waals surface area contributed by atoms with Crippen LogP contribution in [0.3, 0.4) is 0 Å². The van der Waals surface area contributed by atoms with Crippen molar-refractivity contribution >= 4 is 29.8 Å². The van der Waals surface area contributed by atoms with Crippen LogP contribution in [0.25, 0.3) is 11.1 Å². The summed E-state index contributed by atoms with van der Waals surface area (Å²) in [5.74, 6) is 0.357. The quantitative estimate of drug-likeness (QED) is 0.246. The van der Waals surface area contributed by atoms with E-state index in [0.29, 0.717) is 0 Å². The molecule has 0 radical (unpaired) electrons. The Morgan fingerprint density at radius 1 is 0.800 bits per heavy atom. The number of hydrogen-bond donors (Lipinski definition) is 5. The van der Waals surface area contributed by atoms with Crippen molar-refractivity contribution in [2.24, 2.45) is 0 Å². The minimum atomic E-state index is -1.46. The predicted octanol–water partition coefficient (Wildman–Crippen LogP) is 0.742. The Balaban J connectivity index is 1.67. The fourth-order valence-corrected chi connectivity index (χ4v) is 4.34. The number of aliphatic carboxylic acids is 1. The van der Waals surface area contributed by atoms with E-state index in [2.05, 4.69) is 33.1 Å². The highest BCUT2D eigenvalue weighted by Crippen LogP contribution is 2.44. The van der Waals surface area contributed by atoms with Crippen LogP contribution < -0.4 is 21.3 Å². The molecule has 4 amide bonds. The second-order valence-corrected chi connectivity index (χ2v) is 8.79. The molecule has 0 aliphatic heterocycles. The van der Waals surface area contributed by atoms with Crippen LogP contribution in [0, 0.1) is 24.7 Å². The number of amides is 4. The van der Waals surface area contributed by atoms with E-state index in [9.17, 15) is 24.0 Å². The molecule has 2 aromatic carbocycles. The summed E-state index contributed by atoms with van der Waals surface area (Å²) in [7, 11) is 0. The van der Waals surface area contributed by atoms with E-state index in [1.165, 1.54) is 0 Å². The Labute approximate surface area is 231 Å². The zero-order valence-electron chi connectivity index (χ0n) is 21.4. The molecule has 1 aliphatic rings. The maximum atomic E-state index is 12.7. The van der Waals surface area contributed by atoms with Gasteiger partial charge in [-0.15, -0.1) is 12.8 Å². The fourth-order valence-electron chi connectivity index (χ4n) is 4.34. The molecular formula is C29H28N4O7. The third-order valence-corrected chi connectivity index (χ3v) is 6.10. The number of carbonyl (C=O) groups excluding carboxylic acids is 4. The van der Waals surface area contributed by atoms with Crippen molar-refractivity contribution in [3.63, 3.8) is 0 Å². The minimum absolute atomic E-state index is 0.0270. The molecule has 0 spiro atoms. The molecule has 0 unspecified atom stereocenters. The van der Waals surface area contributed by atoms with E-state index < -0.39 is 54.7 Å². The third kappa shape index (κ3) is 7.62. The Morgan fingerprint density at radius 2 is 1.30 bits per heavy atom. The van der Waals surface area contributed by atoms with Gasteiger partial charge in [-0.1, -0.05) is 60.4 Å². The van der Waals surface area contributed by atoms with Gasteiger partial charge in [0.15, 0.2) is 0 Å². The lowest BCUT2D eigenvalue weighted by Gasteiger charge is -2.21. The van der Waals surface area contributed by atoms with Crippen molar-refractivity contribution in [2.75, 3.05) is 19.7 Å². The molecule has 5 N–H and O–H groups in total. The van der Waals surface area contributed by atoms with Gasteiger partial charge in [0.1, 0.15) is 18.7 Å². The maximum absolute atomic E-state index is 12.7. The van der Waals surface area contributed by atoms with Gasteiger partial charge in [0.25, 0.3) is 0 Å². The Hall–Kier alpha value is -5.29. The monoisotopic (exact) mass is 544 g/mol. The topological polar surface area (TPSA) is 163 Å². The average Bonchev–Trinajstić information content (AvgIpc) is 3.26. The normalized spacial score (nSPS) is 12.8. The van der Waals surface area contributed by atoms with Crippen LogP contribution in [0.15, 0.2) is 48.5 Å². The van der Waals surface area contributed by atoms with E-state index >= 15 is 0 Å². The minimum Gasteiger partial charge on any atom is -0.481 e. The van der Waals surface area contributed by atoms with Crippen LogP contribution in [0.1, 0.15) is 29.9 Å². The molecule has 11 heteroatoms. The average molecular weight is 545 g/mol. The van der Waals surface area contributed by atoms with Crippen LogP contribution in [0.2, 0.25) is 0 Å². The first-order valence-electron chi connectivity index (χ1n) is 12.3. The van der Waals surface area contributed by atoms with Crippen LogP contribution in [0.5, 0.6) is 0 Å². The number of alkyl carbamates (subject to hydrolysis) is 1. The van der Waals surface area contributed by atoms with Crippen molar-refractivity contribution in [2.45, 2.75) is 30.8 Å². The van der Waals surface area contributed by atoms with E-state index in [1.807, 2.05) is 48.5 Å². The number of carboxylic acids is 1. The highest BCUT2D eigenvalue weighted by Gasteiger charge is 2.31. The Kier molecular flexibility index (Phi) is 10.3. The predicted molar refractivity (Wildman–Crippen MR) is 144 cm³/mol. The lowest BCUT2D eigenvalue weighted by Crippen LogP contribution is -2.52. The first-order chi connectivity index (χ1) is 19.2. The summed E-state index contributed by atoms with van der Waals surface area (Å²) in [6, 6.07) is 12.6. The second kappa shape index (κ2) is 14.0. The van der Waals surface area contributed by atoms with E-state index in [4.69, 9.17) is 22.7 Å². The standard InChI is InChI=1S/C29H28N4O7/c1-3-13-30-27(37)23(15-25(34)32-24(16-26(35)36)28(38)31-14-4-2)33-29(39)40-17-22-20-11-7-5-9-18(20)19-10-6-8-12-21(19)22/h1-2,5-12,22-24H,13-17H2,(H,30,37)(H,31,38)(H,32,34)(H,33,39)(H,35,36)/t23-,24-/m0/s1. The molecule has 0 heterocycles. The summed E-state index contributed by atoms with van der Waals surface area (Å²) in [5.41, 5.74) is 4.06. The van der Waals surface area contributed by atoms with Crippen LogP contribution in [0.4, 0.5) is 4.79 Å². The summed E-state index contributed by atoms with van der Waals surface area (Å²) in [6.07, 6.45) is 7.98. The summed E-state index contributed by atoms with van der Waals surface area (Å²) in [5, 5.41) is 18.4. The van der Waals surface area contributed by atoms with Crippen molar-refractivity contribution in [1.82, 2.24) is 21.3 Å². The van der Waals surface area contributed by atoms with E-state index in [-0.39, 0.29) is 25.6 Å². The lowest BCUT2D eigenvalue weighted by atomic mass is 9.98. The molecule has 1 aliphatic carbocycles. The Bertz CT molecular complexity index is 1330. The van der Waals surface area contributed by atoms with Crippen molar-refractivity contribution in [1.29, 1.82) is 0 Å². The van der Waals surface area contributed by atoms with Gasteiger partial charge in [-0.05, 0) is 22.3 Å². The van der Waals surface area contributed by atoms with Gasteiger partial charge >= 0.3 is 12.1 Å². The summed E-state index contributed by atoms with van der Waals surface area (Å²) in [4.78, 5) is 61.5. The molecule has 0 aromatic heterocycles. The lowest BCUT2D eigenvalue weighted by molar-refractivity contribution is -0.140. The van der Waals surface area contributed by atoms with Gasteiger partial charge in [0.2, 0.25) is 17.7 Å². The van der Waals surface area contributed by atoms with Crippen LogP contribution in [-0.2, 0) is 23.9 Å². The molecule has 40 heavy (non-hydrogen) atoms. The summed E-state index contributed by atoms with van der Waals surface area (Å²) < 4.78 is 5.46. The molecule has 2 atom stereocenters. The number of carboxylic acid groups (broad SMARTS) is 1. The highest BCUT2D eigenvalue weighted by molar-refractivity contribution is 5.94. The molecule has 11 nitrogen and oxygen atoms in total. The van der Waals surface area contributed by atoms with Crippen molar-refractivity contribution in [3.8, 4) is 35.8 Å². The number of hydrogen-bond acceptors (Lipinski definition) is 6. The Morgan fingerprint density at radius 3 is 1.80 bits per heavy atom. The molecule has 0 saturated carbocycles. The molecule has 2 aromatic rings. The highest BCUT2D eigenvalue weighted by atomic mass is 16.5. The van der Waals surface area contributed by atoms with Gasteiger partial charge < -0.3 is 31.1 Å². The SMILES string of the molecule is C#CCNC(=O)[C@H](CC(=O)O)NC(=O)C[C@H](NC(=O)OCC1c2ccccc2-c2ccccc21)C(=O)NCC#C. The number of fused-ring (bicyclic) bond motifs is 3. The van der Waals surface area contributed by atoms with Crippen molar-refractivity contribution in [3.05, 3.63) is 59.7 Å². The molecule has 0 saturated heterocycles. The first kappa shape index (κ1) is 29.3. The molecule has 3 rings (SSSR count). The van der Waals surface area contributed by atoms with Gasteiger partial charge in [0.05, 0.1) is 25.9 Å². The maximum Gasteiger partial charge on any atom is 0.407 e. The number of ether oxygens (including phenoxy) is 1. The zero-order chi connectivity index (χ0) is 29.1. The van der Waals surface area contributed by atoms with Crippen LogP contribution >= 0.6 is 0 Å². The number of terminal acetylenes is 2. The number of nitrogens with one attached hydrogen (secondary N) is 4. The first-order valence-corrected chi connectivity index (χ1v) is 12.3. The number of benzene rings is 2. The molecule has 0 bridgehead atoms. The molecule has 206 valence electrons. The number of carbonyl (C=O) groups is 5. The van der Waals surface area contributed by atoms with Gasteiger partial charge in [-0.2, -0.15) is 0 Å². The summed E-state index contributed by atoms with van der Waals surface area (Å²) >= 11 is 0. The third-order valence-electron chi connectivity index (χ3n) is 6.10. The number of rotatable bonds is 12. The van der Waals surface area contributed by atoms with E-state index in [0.717, 1.165) is 22.3 Å². The zero-order valence-corrected chi connectivity index (χ0v) is 21.4. The molecule has 0 fully saturated rings. The fraction of sp³-hybridized carbons (Fsp3) is 0.276. The van der Waals surface area contributed by atoms with E-state index in [1.54, 1.807) is 0 Å². The van der Waals surface area contributed by atoms with Gasteiger partial charge in [0, 0.05) is 5.92 Å². The smallest absolute Gasteiger partial charge is 0.407 e. The van der Waals surface area contributed by atoms with Crippen LogP contribution in [-0.4, -0.2) is 66.7 Å². The largest absolute Gasteiger partial charge is 0.481 e. The molecular weight excluding hydrogens is 516 g/mol. The second-order valence-electron chi connectivity index (χ2n) is 8.79. The van der Waals surface area contributed by atoms with Crippen molar-refractivity contribution < 1.29 is 33.8 Å².